The normalized spacial score (nSPS) is 10.3. The SMILES string of the molecule is CCN(Cc1cccc(F)c1)C(=O)COc1ccc(C(C)=O)cc1. The summed E-state index contributed by atoms with van der Waals surface area (Å²) in [6.07, 6.45) is 0. The molecule has 4 nitrogen and oxygen atoms in total. The highest BCUT2D eigenvalue weighted by Gasteiger charge is 2.13. The van der Waals surface area contributed by atoms with Crippen molar-refractivity contribution in [3.8, 4) is 5.75 Å². The molecule has 0 fully saturated rings. The second-order valence-corrected chi connectivity index (χ2v) is 5.41. The van der Waals surface area contributed by atoms with Crippen LogP contribution in [0.25, 0.3) is 0 Å². The molecule has 0 saturated carbocycles. The first-order chi connectivity index (χ1) is 11.5. The van der Waals surface area contributed by atoms with Gasteiger partial charge in [-0.3, -0.25) is 9.59 Å². The topological polar surface area (TPSA) is 46.6 Å². The standard InChI is InChI=1S/C19H20FNO3/c1-3-21(12-15-5-4-6-17(20)11-15)19(23)13-24-18-9-7-16(8-10-18)14(2)22/h4-11H,3,12-13H2,1-2H3. The van der Waals surface area contributed by atoms with Crippen molar-refractivity contribution < 1.29 is 18.7 Å². The number of Topliss-reactive ketones (excluding diaryl/α,β-unsaturated/α-hetero) is 1. The molecule has 126 valence electrons. The highest BCUT2D eigenvalue weighted by molar-refractivity contribution is 5.94. The fourth-order valence-corrected chi connectivity index (χ4v) is 2.25. The Morgan fingerprint density at radius 1 is 1.12 bits per heavy atom. The van der Waals surface area contributed by atoms with E-state index in [0.29, 0.717) is 24.4 Å². The zero-order valence-corrected chi connectivity index (χ0v) is 13.8. The number of benzene rings is 2. The van der Waals surface area contributed by atoms with Gasteiger partial charge in [0, 0.05) is 18.7 Å². The number of carbonyl (C=O) groups is 2. The van der Waals surface area contributed by atoms with Crippen LogP contribution in [0.1, 0.15) is 29.8 Å². The molecule has 0 aliphatic rings. The summed E-state index contributed by atoms with van der Waals surface area (Å²) in [4.78, 5) is 25.1. The van der Waals surface area contributed by atoms with Gasteiger partial charge < -0.3 is 9.64 Å². The van der Waals surface area contributed by atoms with Crippen LogP contribution in [0.15, 0.2) is 48.5 Å². The van der Waals surface area contributed by atoms with Gasteiger partial charge in [0.15, 0.2) is 12.4 Å². The van der Waals surface area contributed by atoms with Gasteiger partial charge in [0.25, 0.3) is 5.91 Å². The van der Waals surface area contributed by atoms with Gasteiger partial charge in [0.05, 0.1) is 0 Å². The molecule has 2 rings (SSSR count). The van der Waals surface area contributed by atoms with Crippen molar-refractivity contribution in [1.82, 2.24) is 4.90 Å². The molecule has 24 heavy (non-hydrogen) atoms. The van der Waals surface area contributed by atoms with E-state index in [1.807, 2.05) is 6.92 Å². The monoisotopic (exact) mass is 329 g/mol. The molecule has 2 aromatic rings. The van der Waals surface area contributed by atoms with Crippen LogP contribution < -0.4 is 4.74 Å². The summed E-state index contributed by atoms with van der Waals surface area (Å²) in [5.41, 5.74) is 1.32. The molecule has 0 saturated heterocycles. The Kier molecular flexibility index (Phi) is 6.07. The number of likely N-dealkylation sites (N-methyl/N-ethyl adjacent to an activating group) is 1. The maximum Gasteiger partial charge on any atom is 0.260 e. The molecule has 1 amide bonds. The van der Waals surface area contributed by atoms with Gasteiger partial charge in [-0.15, -0.1) is 0 Å². The van der Waals surface area contributed by atoms with Crippen LogP contribution in [0, 0.1) is 5.82 Å². The summed E-state index contributed by atoms with van der Waals surface area (Å²) < 4.78 is 18.7. The molecule has 0 unspecified atom stereocenters. The fourth-order valence-electron chi connectivity index (χ4n) is 2.25. The second kappa shape index (κ2) is 8.24. The molecule has 0 N–H and O–H groups in total. The molecule has 0 aliphatic carbocycles. The number of hydrogen-bond acceptors (Lipinski definition) is 3. The van der Waals surface area contributed by atoms with E-state index >= 15 is 0 Å². The van der Waals surface area contributed by atoms with Crippen LogP contribution >= 0.6 is 0 Å². The van der Waals surface area contributed by atoms with Gasteiger partial charge in [-0.05, 0) is 55.8 Å². The van der Waals surface area contributed by atoms with E-state index in [9.17, 15) is 14.0 Å². The minimum atomic E-state index is -0.321. The molecule has 5 heteroatoms. The molecule has 0 spiro atoms. The molecule has 0 heterocycles. The zero-order valence-electron chi connectivity index (χ0n) is 13.8. The van der Waals surface area contributed by atoms with E-state index in [4.69, 9.17) is 4.74 Å². The first-order valence-corrected chi connectivity index (χ1v) is 7.75. The third kappa shape index (κ3) is 4.91. The Hall–Kier alpha value is -2.69. The summed E-state index contributed by atoms with van der Waals surface area (Å²) in [5.74, 6) is -0.00439. The smallest absolute Gasteiger partial charge is 0.260 e. The van der Waals surface area contributed by atoms with Gasteiger partial charge in [0.1, 0.15) is 11.6 Å². The number of halogens is 1. The van der Waals surface area contributed by atoms with Crippen molar-refractivity contribution in [2.24, 2.45) is 0 Å². The number of ether oxygens (including phenoxy) is 1. The summed E-state index contributed by atoms with van der Waals surface area (Å²) in [7, 11) is 0. The Balaban J connectivity index is 1.93. The van der Waals surface area contributed by atoms with Gasteiger partial charge in [0.2, 0.25) is 0 Å². The van der Waals surface area contributed by atoms with Gasteiger partial charge in [-0.2, -0.15) is 0 Å². The fraction of sp³-hybridized carbons (Fsp3) is 0.263. The van der Waals surface area contributed by atoms with E-state index in [1.54, 1.807) is 41.3 Å². The number of hydrogen-bond donors (Lipinski definition) is 0. The van der Waals surface area contributed by atoms with Crippen molar-refractivity contribution >= 4 is 11.7 Å². The van der Waals surface area contributed by atoms with E-state index in [1.165, 1.54) is 19.1 Å². The third-order valence-electron chi connectivity index (χ3n) is 3.62. The van der Waals surface area contributed by atoms with Crippen LogP contribution in [-0.4, -0.2) is 29.7 Å². The Morgan fingerprint density at radius 2 is 1.83 bits per heavy atom. The maximum absolute atomic E-state index is 13.2. The van der Waals surface area contributed by atoms with Crippen LogP contribution in [0.5, 0.6) is 5.75 Å². The summed E-state index contributed by atoms with van der Waals surface area (Å²) in [6, 6.07) is 12.8. The molecule has 0 bridgehead atoms. The third-order valence-corrected chi connectivity index (χ3v) is 3.62. The number of ketones is 1. The Labute approximate surface area is 140 Å². The maximum atomic E-state index is 13.2. The van der Waals surface area contributed by atoms with E-state index in [0.717, 1.165) is 5.56 Å². The average molecular weight is 329 g/mol. The van der Waals surface area contributed by atoms with Crippen molar-refractivity contribution in [2.45, 2.75) is 20.4 Å². The number of rotatable bonds is 7. The lowest BCUT2D eigenvalue weighted by atomic mass is 10.1. The summed E-state index contributed by atoms with van der Waals surface area (Å²) in [5, 5.41) is 0. The first kappa shape index (κ1) is 17.7. The van der Waals surface area contributed by atoms with Crippen molar-refractivity contribution in [2.75, 3.05) is 13.2 Å². The van der Waals surface area contributed by atoms with Gasteiger partial charge in [-0.25, -0.2) is 4.39 Å². The van der Waals surface area contributed by atoms with E-state index in [2.05, 4.69) is 0 Å². The number of amides is 1. The quantitative estimate of drug-likeness (QED) is 0.731. The average Bonchev–Trinajstić information content (AvgIpc) is 2.58. The molecule has 0 radical (unpaired) electrons. The highest BCUT2D eigenvalue weighted by atomic mass is 19.1. The first-order valence-electron chi connectivity index (χ1n) is 7.75. The lowest BCUT2D eigenvalue weighted by Gasteiger charge is -2.21. The minimum Gasteiger partial charge on any atom is -0.484 e. The van der Waals surface area contributed by atoms with Crippen molar-refractivity contribution in [3.63, 3.8) is 0 Å². The van der Waals surface area contributed by atoms with Crippen LogP contribution in [0.2, 0.25) is 0 Å². The van der Waals surface area contributed by atoms with Crippen LogP contribution in [0.4, 0.5) is 4.39 Å². The highest BCUT2D eigenvalue weighted by Crippen LogP contribution is 2.13. The Bertz CT molecular complexity index is 713. The lowest BCUT2D eigenvalue weighted by Crippen LogP contribution is -2.34. The largest absolute Gasteiger partial charge is 0.484 e. The Morgan fingerprint density at radius 3 is 2.42 bits per heavy atom. The van der Waals surface area contributed by atoms with Crippen molar-refractivity contribution in [3.05, 3.63) is 65.5 Å². The molecule has 0 atom stereocenters. The van der Waals surface area contributed by atoms with Crippen LogP contribution in [-0.2, 0) is 11.3 Å². The van der Waals surface area contributed by atoms with Crippen LogP contribution in [0.3, 0.4) is 0 Å². The molecular weight excluding hydrogens is 309 g/mol. The van der Waals surface area contributed by atoms with Crippen molar-refractivity contribution in [1.29, 1.82) is 0 Å². The molecule has 0 aliphatic heterocycles. The molecular formula is C19H20FNO3. The van der Waals surface area contributed by atoms with Gasteiger partial charge >= 0.3 is 0 Å². The number of nitrogens with zero attached hydrogens (tertiary/aromatic N) is 1. The number of carbonyl (C=O) groups excluding carboxylic acids is 2. The zero-order chi connectivity index (χ0) is 17.5. The minimum absolute atomic E-state index is 0.0233. The predicted octanol–water partition coefficient (Wildman–Crippen LogP) is 3.46. The summed E-state index contributed by atoms with van der Waals surface area (Å²) >= 11 is 0. The van der Waals surface area contributed by atoms with E-state index < -0.39 is 0 Å². The molecule has 2 aromatic carbocycles. The molecule has 0 aromatic heterocycles. The summed E-state index contributed by atoms with van der Waals surface area (Å²) in [6.45, 7) is 4.08. The second-order valence-electron chi connectivity index (χ2n) is 5.41. The lowest BCUT2D eigenvalue weighted by molar-refractivity contribution is -0.133. The van der Waals surface area contributed by atoms with E-state index in [-0.39, 0.29) is 24.1 Å². The van der Waals surface area contributed by atoms with Gasteiger partial charge in [-0.1, -0.05) is 12.1 Å². The predicted molar refractivity (Wildman–Crippen MR) is 89.4 cm³/mol.